The molecular formula is C23H17ClIN3O4. The van der Waals surface area contributed by atoms with Gasteiger partial charge in [-0.3, -0.25) is 9.59 Å². The van der Waals surface area contributed by atoms with Crippen LogP contribution in [0.3, 0.4) is 0 Å². The van der Waals surface area contributed by atoms with Gasteiger partial charge >= 0.3 is 17.8 Å². The molecule has 0 radical (unpaired) electrons. The third kappa shape index (κ3) is 6.14. The zero-order valence-electron chi connectivity index (χ0n) is 16.8. The number of esters is 1. The van der Waals surface area contributed by atoms with E-state index in [2.05, 4.69) is 38.4 Å². The van der Waals surface area contributed by atoms with Crippen molar-refractivity contribution in [3.63, 3.8) is 0 Å². The molecule has 0 aliphatic rings. The number of amides is 2. The van der Waals surface area contributed by atoms with Gasteiger partial charge in [0.15, 0.2) is 0 Å². The van der Waals surface area contributed by atoms with Gasteiger partial charge in [-0.25, -0.2) is 10.2 Å². The van der Waals surface area contributed by atoms with Crippen molar-refractivity contribution in [1.82, 2.24) is 5.43 Å². The molecule has 2 N–H and O–H groups in total. The molecule has 0 spiro atoms. The van der Waals surface area contributed by atoms with E-state index in [0.29, 0.717) is 33.1 Å². The van der Waals surface area contributed by atoms with Crippen LogP contribution in [0, 0.1) is 10.5 Å². The van der Waals surface area contributed by atoms with Crippen LogP contribution >= 0.6 is 34.2 Å². The Bertz CT molecular complexity index is 1200. The van der Waals surface area contributed by atoms with Gasteiger partial charge in [-0.05, 0) is 89.2 Å². The molecule has 0 heterocycles. The highest BCUT2D eigenvalue weighted by molar-refractivity contribution is 14.1. The Balaban J connectivity index is 1.53. The van der Waals surface area contributed by atoms with Gasteiger partial charge in [-0.2, -0.15) is 5.10 Å². The largest absolute Gasteiger partial charge is 0.423 e. The molecule has 0 aliphatic heterocycles. The van der Waals surface area contributed by atoms with Gasteiger partial charge in [0.2, 0.25) is 0 Å². The number of nitrogens with one attached hydrogen (secondary N) is 2. The van der Waals surface area contributed by atoms with Gasteiger partial charge in [0.1, 0.15) is 5.75 Å². The maximum absolute atomic E-state index is 12.3. The summed E-state index contributed by atoms with van der Waals surface area (Å²) in [7, 11) is 0. The SMILES string of the molecule is Cc1c(Cl)cccc1NC(=O)C(=O)NN=Cc1ccc(OC(=O)c2ccccc2I)cc1. The lowest BCUT2D eigenvalue weighted by atomic mass is 10.2. The number of rotatable bonds is 5. The summed E-state index contributed by atoms with van der Waals surface area (Å²) in [6.07, 6.45) is 1.36. The Hall–Kier alpha value is -3.24. The molecule has 0 aromatic heterocycles. The molecule has 9 heteroatoms. The topological polar surface area (TPSA) is 96.9 Å². The molecule has 2 amide bonds. The molecule has 0 fully saturated rings. The highest BCUT2D eigenvalue weighted by Gasteiger charge is 2.15. The van der Waals surface area contributed by atoms with Crippen LogP contribution in [0.1, 0.15) is 21.5 Å². The summed E-state index contributed by atoms with van der Waals surface area (Å²) in [5.74, 6) is -1.88. The second kappa shape index (κ2) is 10.9. The molecule has 162 valence electrons. The molecule has 3 rings (SSSR count). The minimum atomic E-state index is -0.927. The zero-order valence-corrected chi connectivity index (χ0v) is 19.7. The predicted molar refractivity (Wildman–Crippen MR) is 131 cm³/mol. The minimum Gasteiger partial charge on any atom is -0.423 e. The van der Waals surface area contributed by atoms with Gasteiger partial charge in [-0.15, -0.1) is 0 Å². The first kappa shape index (κ1) is 23.4. The summed E-state index contributed by atoms with van der Waals surface area (Å²) >= 11 is 8.07. The van der Waals surface area contributed by atoms with Crippen molar-refractivity contribution in [3.05, 3.63) is 92.0 Å². The average molecular weight is 562 g/mol. The maximum atomic E-state index is 12.3. The quantitative estimate of drug-likeness (QED) is 0.119. The van der Waals surface area contributed by atoms with Crippen LogP contribution in [0.25, 0.3) is 0 Å². The van der Waals surface area contributed by atoms with Gasteiger partial charge in [0, 0.05) is 14.3 Å². The first-order valence-electron chi connectivity index (χ1n) is 9.31. The van der Waals surface area contributed by atoms with E-state index in [0.717, 1.165) is 3.57 Å². The summed E-state index contributed by atoms with van der Waals surface area (Å²) in [4.78, 5) is 36.2. The molecule has 32 heavy (non-hydrogen) atoms. The fraction of sp³-hybridized carbons (Fsp3) is 0.0435. The van der Waals surface area contributed by atoms with Crippen molar-refractivity contribution in [2.24, 2.45) is 5.10 Å². The normalized spacial score (nSPS) is 10.6. The van der Waals surface area contributed by atoms with E-state index in [1.165, 1.54) is 6.21 Å². The number of carbonyl (C=O) groups excluding carboxylic acids is 3. The van der Waals surface area contributed by atoms with E-state index in [1.807, 2.05) is 12.1 Å². The van der Waals surface area contributed by atoms with Crippen LogP contribution < -0.4 is 15.5 Å². The molecule has 0 bridgehead atoms. The summed E-state index contributed by atoms with van der Waals surface area (Å²) in [6.45, 7) is 1.73. The number of hydrogen-bond acceptors (Lipinski definition) is 5. The number of hydrogen-bond donors (Lipinski definition) is 2. The van der Waals surface area contributed by atoms with Crippen molar-refractivity contribution in [3.8, 4) is 5.75 Å². The van der Waals surface area contributed by atoms with Crippen LogP contribution in [-0.2, 0) is 9.59 Å². The average Bonchev–Trinajstić information content (AvgIpc) is 2.78. The molecule has 3 aromatic carbocycles. The predicted octanol–water partition coefficient (Wildman–Crippen LogP) is 4.56. The molecule has 0 saturated carbocycles. The van der Waals surface area contributed by atoms with Crippen molar-refractivity contribution in [1.29, 1.82) is 0 Å². The molecule has 0 saturated heterocycles. The zero-order chi connectivity index (χ0) is 23.1. The highest BCUT2D eigenvalue weighted by Crippen LogP contribution is 2.22. The fourth-order valence-electron chi connectivity index (χ4n) is 2.55. The molecule has 0 aliphatic carbocycles. The van der Waals surface area contributed by atoms with Crippen LogP contribution in [0.15, 0.2) is 71.8 Å². The Morgan fingerprint density at radius 3 is 2.41 bits per heavy atom. The first-order chi connectivity index (χ1) is 15.3. The summed E-state index contributed by atoms with van der Waals surface area (Å²) in [5, 5.41) is 6.74. The van der Waals surface area contributed by atoms with Gasteiger partial charge in [0.25, 0.3) is 0 Å². The summed E-state index contributed by atoms with van der Waals surface area (Å²) < 4.78 is 6.16. The standard InChI is InChI=1S/C23H17ClIN3O4/c1-14-18(24)6-4-8-20(14)27-21(29)22(30)28-26-13-15-9-11-16(12-10-15)32-23(31)17-5-2-3-7-19(17)25/h2-13H,1H3,(H,27,29)(H,28,30). The molecular weight excluding hydrogens is 545 g/mol. The third-order valence-electron chi connectivity index (χ3n) is 4.29. The van der Waals surface area contributed by atoms with Crippen LogP contribution in [0.2, 0.25) is 5.02 Å². The molecule has 0 atom stereocenters. The van der Waals surface area contributed by atoms with E-state index in [4.69, 9.17) is 16.3 Å². The maximum Gasteiger partial charge on any atom is 0.344 e. The number of carbonyl (C=O) groups is 3. The minimum absolute atomic E-state index is 0.368. The van der Waals surface area contributed by atoms with Crippen molar-refractivity contribution >= 4 is 63.9 Å². The number of anilines is 1. The van der Waals surface area contributed by atoms with Gasteiger partial charge < -0.3 is 10.1 Å². The molecule has 0 unspecified atom stereocenters. The van der Waals surface area contributed by atoms with Crippen LogP contribution in [0.5, 0.6) is 5.75 Å². The van der Waals surface area contributed by atoms with Gasteiger partial charge in [0.05, 0.1) is 11.8 Å². The van der Waals surface area contributed by atoms with Crippen LogP contribution in [-0.4, -0.2) is 24.0 Å². The smallest absolute Gasteiger partial charge is 0.344 e. The van der Waals surface area contributed by atoms with E-state index in [1.54, 1.807) is 61.5 Å². The van der Waals surface area contributed by atoms with Crippen molar-refractivity contribution < 1.29 is 19.1 Å². The monoisotopic (exact) mass is 561 g/mol. The Labute approximate surface area is 202 Å². The van der Waals surface area contributed by atoms with Gasteiger partial charge in [-0.1, -0.05) is 29.8 Å². The van der Waals surface area contributed by atoms with Crippen molar-refractivity contribution in [2.45, 2.75) is 6.92 Å². The van der Waals surface area contributed by atoms with Crippen molar-refractivity contribution in [2.75, 3.05) is 5.32 Å². The number of ether oxygens (including phenoxy) is 1. The number of hydrazone groups is 1. The Morgan fingerprint density at radius 1 is 0.969 bits per heavy atom. The van der Waals surface area contributed by atoms with Crippen LogP contribution in [0.4, 0.5) is 5.69 Å². The lowest BCUT2D eigenvalue weighted by Gasteiger charge is -2.08. The van der Waals surface area contributed by atoms with E-state index >= 15 is 0 Å². The Morgan fingerprint density at radius 2 is 1.69 bits per heavy atom. The lowest BCUT2D eigenvalue weighted by molar-refractivity contribution is -0.136. The Kier molecular flexibility index (Phi) is 7.96. The second-order valence-electron chi connectivity index (χ2n) is 6.50. The second-order valence-corrected chi connectivity index (χ2v) is 8.07. The third-order valence-corrected chi connectivity index (χ3v) is 5.64. The number of benzene rings is 3. The first-order valence-corrected chi connectivity index (χ1v) is 10.8. The lowest BCUT2D eigenvalue weighted by Crippen LogP contribution is -2.32. The number of nitrogens with zero attached hydrogens (tertiary/aromatic N) is 1. The fourth-order valence-corrected chi connectivity index (χ4v) is 3.33. The van der Waals surface area contributed by atoms with E-state index in [-0.39, 0.29) is 0 Å². The summed E-state index contributed by atoms with van der Waals surface area (Å²) in [5.41, 5.74) is 4.36. The molecule has 7 nitrogen and oxygen atoms in total. The summed E-state index contributed by atoms with van der Waals surface area (Å²) in [6, 6.07) is 18.6. The highest BCUT2D eigenvalue weighted by atomic mass is 127. The number of halogens is 2. The molecule has 3 aromatic rings. The van der Waals surface area contributed by atoms with E-state index < -0.39 is 17.8 Å². The van der Waals surface area contributed by atoms with E-state index in [9.17, 15) is 14.4 Å².